The van der Waals surface area contributed by atoms with Crippen molar-refractivity contribution in [3.8, 4) is 30.0 Å². The van der Waals surface area contributed by atoms with Crippen molar-refractivity contribution in [1.29, 1.82) is 21.0 Å². The number of ether oxygens (including phenoxy) is 1. The van der Waals surface area contributed by atoms with Crippen molar-refractivity contribution in [3.63, 3.8) is 0 Å². The minimum absolute atomic E-state index is 0.128. The van der Waals surface area contributed by atoms with Crippen molar-refractivity contribution in [3.05, 3.63) is 150 Å². The fourth-order valence-electron chi connectivity index (χ4n) is 5.87. The standard InChI is InChI=1S/C36H9F5N8O/c1-16-10-18(46-2)7-9-19(16)27-29(23(15-45)48-4)31-32(35(27)49-5)34(38)30-26(33(31)37)21(13-43)25(28(30)22(14-44)47-3)20-8-6-17(12-42)11-24(20)50-36(39,40)41/h6-11H,1H3/b28-22-,29-23+. The third-order valence-corrected chi connectivity index (χ3v) is 7.70. The summed E-state index contributed by atoms with van der Waals surface area (Å²) >= 11 is 0. The number of nitrogens with zero attached hydrogens (tertiary/aromatic N) is 8. The van der Waals surface area contributed by atoms with Gasteiger partial charge in [0.2, 0.25) is 5.70 Å². The molecule has 0 aromatic heterocycles. The molecule has 234 valence electrons. The second-order valence-corrected chi connectivity index (χ2v) is 10.2. The predicted molar refractivity (Wildman–Crippen MR) is 166 cm³/mol. The average Bonchev–Trinajstić information content (AvgIpc) is 3.62. The van der Waals surface area contributed by atoms with E-state index in [1.807, 2.05) is 0 Å². The minimum Gasteiger partial charge on any atom is -0.405 e. The Morgan fingerprint density at radius 1 is 0.720 bits per heavy atom. The fourth-order valence-corrected chi connectivity index (χ4v) is 5.87. The van der Waals surface area contributed by atoms with Gasteiger partial charge in [0.15, 0.2) is 5.69 Å². The zero-order valence-electron chi connectivity index (χ0n) is 24.8. The van der Waals surface area contributed by atoms with E-state index in [4.69, 9.17) is 26.3 Å². The molecule has 14 heteroatoms. The van der Waals surface area contributed by atoms with Gasteiger partial charge >= 0.3 is 6.36 Å². The van der Waals surface area contributed by atoms with Crippen LogP contribution in [0.1, 0.15) is 44.5 Å². The second kappa shape index (κ2) is 12.3. The monoisotopic (exact) mass is 664 g/mol. The molecule has 2 aliphatic carbocycles. The molecule has 9 nitrogen and oxygen atoms in total. The molecule has 3 aromatic rings. The SMILES string of the molecule is [C-]#[N+]C1=C(c2ccc([N+]#[C-])cc2C)/C(=C(/C#N)[N+]#[C-])c2c(F)c3c(c(F)c21)/C(=C(/C#N)[N+]#[C-])C(c1ccc(C#N)cc1OC(F)(F)F)=C3C#N. The van der Waals surface area contributed by atoms with E-state index in [9.17, 15) is 34.2 Å². The van der Waals surface area contributed by atoms with Crippen LogP contribution in [0, 0.1) is 90.2 Å². The lowest BCUT2D eigenvalue weighted by Gasteiger charge is -2.17. The molecule has 0 bridgehead atoms. The molecule has 0 spiro atoms. The van der Waals surface area contributed by atoms with Crippen LogP contribution in [0.15, 0.2) is 47.8 Å². The molecule has 0 fully saturated rings. The first-order valence-corrected chi connectivity index (χ1v) is 13.5. The number of fused-ring (bicyclic) bond motifs is 2. The van der Waals surface area contributed by atoms with E-state index < -0.39 is 90.9 Å². The first-order chi connectivity index (χ1) is 23.8. The Morgan fingerprint density at radius 3 is 1.80 bits per heavy atom. The highest BCUT2D eigenvalue weighted by atomic mass is 19.4. The van der Waals surface area contributed by atoms with Crippen LogP contribution in [0.3, 0.4) is 0 Å². The lowest BCUT2D eigenvalue weighted by Crippen LogP contribution is -2.18. The summed E-state index contributed by atoms with van der Waals surface area (Å²) < 4.78 is 79.2. The summed E-state index contributed by atoms with van der Waals surface area (Å²) in [5.74, 6) is -4.05. The largest absolute Gasteiger partial charge is 0.573 e. The lowest BCUT2D eigenvalue weighted by molar-refractivity contribution is -0.274. The Balaban J connectivity index is 2.03. The Bertz CT molecular complexity index is 2590. The predicted octanol–water partition coefficient (Wildman–Crippen LogP) is 9.15. The van der Waals surface area contributed by atoms with Crippen molar-refractivity contribution in [1.82, 2.24) is 0 Å². The summed E-state index contributed by atoms with van der Waals surface area (Å²) in [4.78, 5) is 13.0. The molecule has 0 saturated carbocycles. The maximum atomic E-state index is 17.2. The number of aryl methyl sites for hydroxylation is 1. The average molecular weight is 665 g/mol. The molecule has 2 aliphatic rings. The van der Waals surface area contributed by atoms with E-state index in [2.05, 4.69) is 24.1 Å². The van der Waals surface area contributed by atoms with Gasteiger partial charge in [-0.1, -0.05) is 23.8 Å². The Labute approximate surface area is 279 Å². The highest BCUT2D eigenvalue weighted by Crippen LogP contribution is 2.58. The quantitative estimate of drug-likeness (QED) is 0.157. The zero-order valence-corrected chi connectivity index (χ0v) is 24.8. The number of nitriles is 4. The van der Waals surface area contributed by atoms with E-state index in [0.29, 0.717) is 11.6 Å². The topological polar surface area (TPSA) is 122 Å². The summed E-state index contributed by atoms with van der Waals surface area (Å²) in [6.07, 6.45) is -5.37. The van der Waals surface area contributed by atoms with E-state index >= 15 is 8.78 Å². The second-order valence-electron chi connectivity index (χ2n) is 10.2. The lowest BCUT2D eigenvalue weighted by atomic mass is 9.89. The molecule has 0 saturated heterocycles. The van der Waals surface area contributed by atoms with E-state index in [0.717, 1.165) is 12.1 Å². The summed E-state index contributed by atoms with van der Waals surface area (Å²) in [6, 6.07) is 13.0. The third-order valence-electron chi connectivity index (χ3n) is 7.70. The molecule has 50 heavy (non-hydrogen) atoms. The normalized spacial score (nSPS) is 14.8. The minimum atomic E-state index is -5.37. The van der Waals surface area contributed by atoms with E-state index in [1.54, 1.807) is 18.2 Å². The van der Waals surface area contributed by atoms with Crippen LogP contribution in [0.4, 0.5) is 27.6 Å². The van der Waals surface area contributed by atoms with Crippen molar-refractivity contribution < 1.29 is 26.7 Å². The molecule has 0 heterocycles. The van der Waals surface area contributed by atoms with Gasteiger partial charge in [-0.2, -0.15) is 10.5 Å². The summed E-state index contributed by atoms with van der Waals surface area (Å²) in [6.45, 7) is 32.1. The molecule has 0 N–H and O–H groups in total. The first kappa shape index (κ1) is 33.4. The Morgan fingerprint density at radius 2 is 1.30 bits per heavy atom. The first-order valence-electron chi connectivity index (χ1n) is 13.5. The number of allylic oxidation sites excluding steroid dienone is 7. The van der Waals surface area contributed by atoms with Gasteiger partial charge in [0.25, 0.3) is 11.4 Å². The van der Waals surface area contributed by atoms with Gasteiger partial charge < -0.3 is 4.74 Å². The number of rotatable bonds is 3. The summed E-state index contributed by atoms with van der Waals surface area (Å²) in [5, 5.41) is 39.5. The fraction of sp³-hybridized carbons (Fsp3) is 0.0556. The smallest absolute Gasteiger partial charge is 0.405 e. The van der Waals surface area contributed by atoms with Crippen LogP contribution in [-0.4, -0.2) is 6.36 Å². The Kier molecular flexibility index (Phi) is 8.21. The molecular weight excluding hydrogens is 655 g/mol. The molecule has 0 atom stereocenters. The van der Waals surface area contributed by atoms with Crippen LogP contribution in [0.25, 0.3) is 52.9 Å². The van der Waals surface area contributed by atoms with Crippen LogP contribution in [0.5, 0.6) is 5.75 Å². The Hall–Kier alpha value is -8.01. The van der Waals surface area contributed by atoms with Gasteiger partial charge in [-0.3, -0.25) is 0 Å². The van der Waals surface area contributed by atoms with Gasteiger partial charge in [-0.25, -0.2) is 38.7 Å². The van der Waals surface area contributed by atoms with Gasteiger partial charge in [-0.15, -0.1) is 13.2 Å². The number of halogens is 5. The van der Waals surface area contributed by atoms with E-state index in [-0.39, 0.29) is 22.4 Å². The van der Waals surface area contributed by atoms with Gasteiger partial charge in [-0.05, 0) is 41.8 Å². The van der Waals surface area contributed by atoms with Crippen molar-refractivity contribution in [2.24, 2.45) is 0 Å². The number of hydrogen-bond donors (Lipinski definition) is 0. The van der Waals surface area contributed by atoms with Crippen LogP contribution in [-0.2, 0) is 0 Å². The van der Waals surface area contributed by atoms with Crippen LogP contribution >= 0.6 is 0 Å². The van der Waals surface area contributed by atoms with Gasteiger partial charge in [0.1, 0.15) is 23.5 Å². The number of alkyl halides is 3. The summed E-state index contributed by atoms with van der Waals surface area (Å²) in [7, 11) is 0. The van der Waals surface area contributed by atoms with Crippen molar-refractivity contribution >= 4 is 39.2 Å². The maximum absolute atomic E-state index is 17.2. The third kappa shape index (κ3) is 4.94. The molecular formula is C36H9F5N8O. The molecule has 5 rings (SSSR count). The number of benzene rings is 3. The number of hydrogen-bond acceptors (Lipinski definition) is 5. The maximum Gasteiger partial charge on any atom is 0.573 e. The summed E-state index contributed by atoms with van der Waals surface area (Å²) in [5.41, 5.74) is -9.27. The molecule has 0 unspecified atom stereocenters. The van der Waals surface area contributed by atoms with Crippen molar-refractivity contribution in [2.45, 2.75) is 13.3 Å². The van der Waals surface area contributed by atoms with E-state index in [1.165, 1.54) is 31.2 Å². The van der Waals surface area contributed by atoms with Crippen LogP contribution in [0.2, 0.25) is 0 Å². The molecule has 0 aliphatic heterocycles. The van der Waals surface area contributed by atoms with Gasteiger partial charge in [0.05, 0.1) is 55.6 Å². The van der Waals surface area contributed by atoms with Crippen molar-refractivity contribution in [2.75, 3.05) is 0 Å². The zero-order chi connectivity index (χ0) is 36.7. The highest BCUT2D eigenvalue weighted by molar-refractivity contribution is 6.29. The van der Waals surface area contributed by atoms with Gasteiger partial charge in [0, 0.05) is 39.0 Å². The molecule has 3 aromatic carbocycles. The van der Waals surface area contributed by atoms with Crippen LogP contribution < -0.4 is 4.74 Å². The highest BCUT2D eigenvalue weighted by Gasteiger charge is 2.45. The molecule has 0 amide bonds. The molecule has 0 radical (unpaired) electrons.